The van der Waals surface area contributed by atoms with E-state index in [4.69, 9.17) is 4.74 Å². The second kappa shape index (κ2) is 5.51. The van der Waals surface area contributed by atoms with Gasteiger partial charge in [0.05, 0.1) is 13.2 Å². The van der Waals surface area contributed by atoms with E-state index in [-0.39, 0.29) is 0 Å². The Balaban J connectivity index is 1.76. The minimum atomic E-state index is 0.579. The van der Waals surface area contributed by atoms with E-state index in [1.807, 2.05) is 0 Å². The van der Waals surface area contributed by atoms with Crippen molar-refractivity contribution in [3.05, 3.63) is 29.8 Å². The molecule has 19 heavy (non-hydrogen) atoms. The number of rotatable bonds is 3. The van der Waals surface area contributed by atoms with Crippen molar-refractivity contribution in [1.82, 2.24) is 4.90 Å². The second-order valence-corrected chi connectivity index (χ2v) is 5.91. The minimum Gasteiger partial charge on any atom is -0.379 e. The van der Waals surface area contributed by atoms with Crippen LogP contribution < -0.4 is 4.90 Å². The number of hydrogen-bond acceptors (Lipinski definition) is 3. The smallest absolute Gasteiger partial charge is 0.0594 e. The molecule has 0 radical (unpaired) electrons. The molecule has 0 spiro atoms. The number of hydrogen-bond donors (Lipinski definition) is 0. The highest BCUT2D eigenvalue weighted by Crippen LogP contribution is 2.37. The highest BCUT2D eigenvalue weighted by Gasteiger charge is 2.31. The summed E-state index contributed by atoms with van der Waals surface area (Å²) < 4.78 is 5.44. The first-order chi connectivity index (χ1) is 9.25. The van der Waals surface area contributed by atoms with Crippen LogP contribution in [0.15, 0.2) is 24.3 Å². The summed E-state index contributed by atoms with van der Waals surface area (Å²) in [5.74, 6) is 0.650. The summed E-state index contributed by atoms with van der Waals surface area (Å²) in [6.07, 6.45) is 0. The highest BCUT2D eigenvalue weighted by atomic mass is 16.5. The third-order valence-corrected chi connectivity index (χ3v) is 4.31. The van der Waals surface area contributed by atoms with Gasteiger partial charge in [-0.05, 0) is 25.5 Å². The molecule has 1 aromatic carbocycles. The molecule has 0 aliphatic carbocycles. The van der Waals surface area contributed by atoms with Gasteiger partial charge >= 0.3 is 0 Å². The maximum atomic E-state index is 5.44. The first kappa shape index (κ1) is 12.9. The molecule has 0 amide bonds. The van der Waals surface area contributed by atoms with E-state index >= 15 is 0 Å². The number of anilines is 1. The average Bonchev–Trinajstić information content (AvgIpc) is 2.79. The Morgan fingerprint density at radius 1 is 1.21 bits per heavy atom. The lowest BCUT2D eigenvalue weighted by atomic mass is 10.0. The van der Waals surface area contributed by atoms with Crippen LogP contribution in [0.3, 0.4) is 0 Å². The summed E-state index contributed by atoms with van der Waals surface area (Å²) >= 11 is 0. The third kappa shape index (κ3) is 2.63. The molecule has 1 unspecified atom stereocenters. The average molecular weight is 260 g/mol. The van der Waals surface area contributed by atoms with Crippen molar-refractivity contribution in [2.75, 3.05) is 44.3 Å². The zero-order chi connectivity index (χ0) is 13.2. The topological polar surface area (TPSA) is 15.7 Å². The Hall–Kier alpha value is -1.06. The zero-order valence-corrected chi connectivity index (χ0v) is 12.0. The summed E-state index contributed by atoms with van der Waals surface area (Å²) in [4.78, 5) is 5.09. The molecule has 1 atom stereocenters. The maximum absolute atomic E-state index is 5.44. The molecule has 104 valence electrons. The molecule has 0 aromatic heterocycles. The largest absolute Gasteiger partial charge is 0.379 e. The number of nitrogens with zero attached hydrogens (tertiary/aromatic N) is 2. The Bertz CT molecular complexity index is 427. The predicted molar refractivity (Wildman–Crippen MR) is 78.9 cm³/mol. The van der Waals surface area contributed by atoms with Crippen LogP contribution in [0.1, 0.15) is 25.3 Å². The molecule has 1 aromatic rings. The number of para-hydroxylation sites is 1. The van der Waals surface area contributed by atoms with Crippen LogP contribution in [0.2, 0.25) is 0 Å². The molecule has 0 N–H and O–H groups in total. The van der Waals surface area contributed by atoms with Crippen LogP contribution in [-0.4, -0.2) is 50.3 Å². The Morgan fingerprint density at radius 2 is 1.95 bits per heavy atom. The molecule has 0 saturated carbocycles. The quantitative estimate of drug-likeness (QED) is 0.829. The van der Waals surface area contributed by atoms with E-state index in [1.54, 1.807) is 0 Å². The SMILES string of the molecule is CC(C)N1CC(CN2CCOCC2)c2ccccc21. The molecule has 3 heteroatoms. The molecule has 2 aliphatic rings. The van der Waals surface area contributed by atoms with E-state index in [9.17, 15) is 0 Å². The molecular weight excluding hydrogens is 236 g/mol. The first-order valence-corrected chi connectivity index (χ1v) is 7.41. The van der Waals surface area contributed by atoms with Crippen LogP contribution in [0.5, 0.6) is 0 Å². The summed E-state index contributed by atoms with van der Waals surface area (Å²) in [6, 6.07) is 9.49. The van der Waals surface area contributed by atoms with Gasteiger partial charge in [0.1, 0.15) is 0 Å². The zero-order valence-electron chi connectivity index (χ0n) is 12.0. The van der Waals surface area contributed by atoms with Crippen molar-refractivity contribution in [3.8, 4) is 0 Å². The summed E-state index contributed by atoms with van der Waals surface area (Å²) in [6.45, 7) is 10.9. The van der Waals surface area contributed by atoms with Gasteiger partial charge in [-0.3, -0.25) is 4.90 Å². The number of ether oxygens (including phenoxy) is 1. The van der Waals surface area contributed by atoms with Gasteiger partial charge in [-0.1, -0.05) is 18.2 Å². The lowest BCUT2D eigenvalue weighted by Crippen LogP contribution is -2.40. The van der Waals surface area contributed by atoms with Crippen LogP contribution in [0.4, 0.5) is 5.69 Å². The molecule has 0 bridgehead atoms. The molecular formula is C16H24N2O. The van der Waals surface area contributed by atoms with Gasteiger partial charge in [-0.15, -0.1) is 0 Å². The van der Waals surface area contributed by atoms with Crippen LogP contribution in [-0.2, 0) is 4.74 Å². The number of fused-ring (bicyclic) bond motifs is 1. The Morgan fingerprint density at radius 3 is 2.68 bits per heavy atom. The second-order valence-electron chi connectivity index (χ2n) is 5.91. The normalized spacial score (nSPS) is 23.9. The van der Waals surface area contributed by atoms with Crippen molar-refractivity contribution in [1.29, 1.82) is 0 Å². The van der Waals surface area contributed by atoms with E-state index in [1.165, 1.54) is 17.8 Å². The van der Waals surface area contributed by atoms with Gasteiger partial charge in [-0.25, -0.2) is 0 Å². The Labute approximate surface area is 116 Å². The maximum Gasteiger partial charge on any atom is 0.0594 e. The van der Waals surface area contributed by atoms with Crippen LogP contribution in [0, 0.1) is 0 Å². The van der Waals surface area contributed by atoms with Crippen molar-refractivity contribution < 1.29 is 4.74 Å². The fourth-order valence-corrected chi connectivity index (χ4v) is 3.27. The fraction of sp³-hybridized carbons (Fsp3) is 0.625. The van der Waals surface area contributed by atoms with E-state index in [0.717, 1.165) is 32.8 Å². The molecule has 2 aliphatic heterocycles. The van der Waals surface area contributed by atoms with Crippen LogP contribution in [0.25, 0.3) is 0 Å². The number of benzene rings is 1. The molecule has 1 saturated heterocycles. The lowest BCUT2D eigenvalue weighted by molar-refractivity contribution is 0.0356. The monoisotopic (exact) mass is 260 g/mol. The minimum absolute atomic E-state index is 0.579. The van der Waals surface area contributed by atoms with Crippen molar-refractivity contribution in [2.45, 2.75) is 25.8 Å². The molecule has 3 rings (SSSR count). The molecule has 2 heterocycles. The van der Waals surface area contributed by atoms with E-state index in [0.29, 0.717) is 12.0 Å². The fourth-order valence-electron chi connectivity index (χ4n) is 3.27. The van der Waals surface area contributed by atoms with Crippen molar-refractivity contribution in [2.24, 2.45) is 0 Å². The summed E-state index contributed by atoms with van der Waals surface area (Å²) in [7, 11) is 0. The van der Waals surface area contributed by atoms with Crippen molar-refractivity contribution >= 4 is 5.69 Å². The van der Waals surface area contributed by atoms with Crippen molar-refractivity contribution in [3.63, 3.8) is 0 Å². The predicted octanol–water partition coefficient (Wildman–Crippen LogP) is 2.33. The van der Waals surface area contributed by atoms with Gasteiger partial charge in [0, 0.05) is 43.8 Å². The highest BCUT2D eigenvalue weighted by molar-refractivity contribution is 5.60. The van der Waals surface area contributed by atoms with E-state index in [2.05, 4.69) is 47.9 Å². The third-order valence-electron chi connectivity index (χ3n) is 4.31. The molecule has 1 fully saturated rings. The van der Waals surface area contributed by atoms with Gasteiger partial charge in [0.25, 0.3) is 0 Å². The molecule has 3 nitrogen and oxygen atoms in total. The standard InChI is InChI=1S/C16H24N2O/c1-13(2)18-12-14(11-17-7-9-19-10-8-17)15-5-3-4-6-16(15)18/h3-6,13-14H,7-12H2,1-2H3. The Kier molecular flexibility index (Phi) is 3.76. The lowest BCUT2D eigenvalue weighted by Gasteiger charge is -2.30. The summed E-state index contributed by atoms with van der Waals surface area (Å²) in [5, 5.41) is 0. The van der Waals surface area contributed by atoms with Gasteiger partial charge in [0.15, 0.2) is 0 Å². The van der Waals surface area contributed by atoms with Crippen LogP contribution >= 0.6 is 0 Å². The first-order valence-electron chi connectivity index (χ1n) is 7.41. The number of morpholine rings is 1. The van der Waals surface area contributed by atoms with Gasteiger partial charge < -0.3 is 9.64 Å². The summed E-state index contributed by atoms with van der Waals surface area (Å²) in [5.41, 5.74) is 2.97. The van der Waals surface area contributed by atoms with E-state index < -0.39 is 0 Å². The van der Waals surface area contributed by atoms with Gasteiger partial charge in [-0.2, -0.15) is 0 Å². The van der Waals surface area contributed by atoms with Gasteiger partial charge in [0.2, 0.25) is 0 Å².